The van der Waals surface area contributed by atoms with E-state index in [1.54, 1.807) is 6.92 Å². The molecule has 0 amide bonds. The smallest absolute Gasteiger partial charge is 0.127 e. The Morgan fingerprint density at radius 1 is 1.43 bits per heavy atom. The minimum atomic E-state index is -2.54. The van der Waals surface area contributed by atoms with Gasteiger partial charge < -0.3 is 0 Å². The van der Waals surface area contributed by atoms with E-state index in [2.05, 4.69) is 0 Å². The molecule has 1 unspecified atom stereocenters. The number of rotatable bonds is 1. The molecule has 5 heteroatoms. The quantitative estimate of drug-likeness (QED) is 0.421. The van der Waals surface area contributed by atoms with E-state index < -0.39 is 6.00 Å². The SMILES string of the molecule is [B]C(C)[Si](Cl)(Cl)Cl. The van der Waals surface area contributed by atoms with Crippen molar-refractivity contribution in [2.45, 2.75) is 12.4 Å². The lowest BCUT2D eigenvalue weighted by molar-refractivity contribution is 1.34. The zero-order valence-corrected chi connectivity index (χ0v) is 7.06. The van der Waals surface area contributed by atoms with Gasteiger partial charge in [0.05, 0.1) is 7.85 Å². The van der Waals surface area contributed by atoms with Crippen LogP contribution >= 0.6 is 33.2 Å². The molecule has 0 rings (SSSR count). The number of hydrogen-bond acceptors (Lipinski definition) is 0. The van der Waals surface area contributed by atoms with Gasteiger partial charge in [-0.2, -0.15) is 0 Å². The largest absolute Gasteiger partial charge is 0.336 e. The zero-order chi connectivity index (χ0) is 6.08. The van der Waals surface area contributed by atoms with Crippen molar-refractivity contribution in [1.82, 2.24) is 0 Å². The van der Waals surface area contributed by atoms with E-state index in [4.69, 9.17) is 41.1 Å². The second-order valence-electron chi connectivity index (χ2n) is 1.33. The molecule has 0 bridgehead atoms. The van der Waals surface area contributed by atoms with Crippen molar-refractivity contribution < 1.29 is 0 Å². The lowest BCUT2D eigenvalue weighted by Gasteiger charge is -2.10. The Balaban J connectivity index is 3.54. The third kappa shape index (κ3) is 3.71. The fraction of sp³-hybridized carbons (Fsp3) is 1.00. The molecule has 0 aliphatic heterocycles. The third-order valence-electron chi connectivity index (χ3n) is 0.516. The Morgan fingerprint density at radius 3 is 1.57 bits per heavy atom. The molecule has 0 fully saturated rings. The first-order chi connectivity index (χ1) is 2.94. The Hall–Kier alpha value is 1.15. The molecule has 0 aromatic heterocycles. The van der Waals surface area contributed by atoms with Gasteiger partial charge in [-0.25, -0.2) is 0 Å². The molecule has 1 atom stereocenters. The van der Waals surface area contributed by atoms with E-state index in [0.29, 0.717) is 0 Å². The first-order valence-corrected chi connectivity index (χ1v) is 6.88. The summed E-state index contributed by atoms with van der Waals surface area (Å²) in [5.41, 5.74) is -0.266. The molecule has 0 aromatic rings. The molecular formula is C2H4BCl3Si. The lowest BCUT2D eigenvalue weighted by Crippen LogP contribution is -2.16. The van der Waals surface area contributed by atoms with Gasteiger partial charge in [-0.15, -0.1) is 33.2 Å². The first kappa shape index (κ1) is 8.15. The van der Waals surface area contributed by atoms with Crippen LogP contribution in [-0.4, -0.2) is 13.8 Å². The third-order valence-corrected chi connectivity index (χ3v) is 4.65. The highest BCUT2D eigenvalue weighted by Gasteiger charge is 2.28. The van der Waals surface area contributed by atoms with E-state index in [9.17, 15) is 0 Å². The summed E-state index contributed by atoms with van der Waals surface area (Å²) < 4.78 is 0. The second-order valence-corrected chi connectivity index (χ2v) is 10.4. The van der Waals surface area contributed by atoms with Crippen LogP contribution in [0.25, 0.3) is 0 Å². The highest BCUT2D eigenvalue weighted by molar-refractivity contribution is 7.66. The summed E-state index contributed by atoms with van der Waals surface area (Å²) in [5, 5.41) is 0. The van der Waals surface area contributed by atoms with Crippen molar-refractivity contribution in [3.8, 4) is 0 Å². The van der Waals surface area contributed by atoms with Gasteiger partial charge in [0.15, 0.2) is 0 Å². The summed E-state index contributed by atoms with van der Waals surface area (Å²) in [7, 11) is 5.24. The predicted octanol–water partition coefficient (Wildman–Crippen LogP) is 2.16. The summed E-state index contributed by atoms with van der Waals surface area (Å²) in [5.74, 6) is 0. The fourth-order valence-electron chi connectivity index (χ4n) is 0. The standard InChI is InChI=1S/C2H4BCl3Si/c1-2(3)7(4,5)6/h2H,1H3. The van der Waals surface area contributed by atoms with Gasteiger partial charge in [0.2, 0.25) is 0 Å². The van der Waals surface area contributed by atoms with Crippen LogP contribution in [0.3, 0.4) is 0 Å². The van der Waals surface area contributed by atoms with Gasteiger partial charge in [0, 0.05) is 0 Å². The Bertz CT molecular complexity index is 58.4. The summed E-state index contributed by atoms with van der Waals surface area (Å²) in [6.07, 6.45) is 0. The summed E-state index contributed by atoms with van der Waals surface area (Å²) in [4.78, 5) is 0. The molecule has 7 heavy (non-hydrogen) atoms. The van der Waals surface area contributed by atoms with Crippen LogP contribution in [-0.2, 0) is 0 Å². The molecule has 0 heterocycles. The second kappa shape index (κ2) is 2.63. The Labute approximate surface area is 59.7 Å². The van der Waals surface area contributed by atoms with Crippen LogP contribution in [0.1, 0.15) is 6.92 Å². The molecule has 0 nitrogen and oxygen atoms in total. The normalized spacial score (nSPS) is 16.6. The van der Waals surface area contributed by atoms with Crippen molar-refractivity contribution in [3.05, 3.63) is 0 Å². The van der Waals surface area contributed by atoms with Crippen LogP contribution in [0.15, 0.2) is 0 Å². The fourth-order valence-corrected chi connectivity index (χ4v) is 0. The highest BCUT2D eigenvalue weighted by Crippen LogP contribution is 2.30. The van der Waals surface area contributed by atoms with Gasteiger partial charge in [-0.3, -0.25) is 0 Å². The van der Waals surface area contributed by atoms with Crippen LogP contribution in [0, 0.1) is 0 Å². The van der Waals surface area contributed by atoms with Crippen molar-refractivity contribution in [1.29, 1.82) is 0 Å². The topological polar surface area (TPSA) is 0 Å². The minimum absolute atomic E-state index is 0.266. The van der Waals surface area contributed by atoms with Crippen molar-refractivity contribution >= 4 is 47.1 Å². The number of hydrogen-bond donors (Lipinski definition) is 0. The van der Waals surface area contributed by atoms with Crippen LogP contribution in [0.2, 0.25) is 5.44 Å². The number of halogens is 3. The Morgan fingerprint density at radius 2 is 1.57 bits per heavy atom. The lowest BCUT2D eigenvalue weighted by atomic mass is 10.1. The van der Waals surface area contributed by atoms with Gasteiger partial charge >= 0.3 is 6.00 Å². The average Bonchev–Trinajstić information content (AvgIpc) is 1.31. The van der Waals surface area contributed by atoms with Gasteiger partial charge in [0.25, 0.3) is 0 Å². The summed E-state index contributed by atoms with van der Waals surface area (Å²) in [6.45, 7) is 1.69. The van der Waals surface area contributed by atoms with E-state index in [0.717, 1.165) is 0 Å². The van der Waals surface area contributed by atoms with Crippen molar-refractivity contribution in [2.75, 3.05) is 0 Å². The van der Waals surface area contributed by atoms with Crippen molar-refractivity contribution in [3.63, 3.8) is 0 Å². The molecule has 0 aliphatic rings. The maximum Gasteiger partial charge on any atom is 0.336 e. The molecule has 2 radical (unpaired) electrons. The summed E-state index contributed by atoms with van der Waals surface area (Å²) in [6, 6.07) is -2.54. The maximum atomic E-state index is 5.41. The monoisotopic (exact) mass is 172 g/mol. The molecule has 40 valence electrons. The molecule has 0 spiro atoms. The van der Waals surface area contributed by atoms with Crippen LogP contribution < -0.4 is 0 Å². The van der Waals surface area contributed by atoms with Crippen LogP contribution in [0.4, 0.5) is 0 Å². The zero-order valence-electron chi connectivity index (χ0n) is 3.79. The summed E-state index contributed by atoms with van der Waals surface area (Å²) >= 11 is 16.2. The van der Waals surface area contributed by atoms with Crippen molar-refractivity contribution in [2.24, 2.45) is 0 Å². The average molecular weight is 173 g/mol. The molecule has 0 N–H and O–H groups in total. The van der Waals surface area contributed by atoms with E-state index >= 15 is 0 Å². The van der Waals surface area contributed by atoms with E-state index in [1.165, 1.54) is 0 Å². The van der Waals surface area contributed by atoms with Gasteiger partial charge in [-0.05, 0) is 5.44 Å². The molecule has 0 aromatic carbocycles. The van der Waals surface area contributed by atoms with Crippen LogP contribution in [0.5, 0.6) is 0 Å². The van der Waals surface area contributed by atoms with E-state index in [-0.39, 0.29) is 5.44 Å². The molecule has 0 saturated carbocycles. The highest BCUT2D eigenvalue weighted by atomic mass is 35.8. The molecular weight excluding hydrogens is 169 g/mol. The van der Waals surface area contributed by atoms with Gasteiger partial charge in [-0.1, -0.05) is 6.92 Å². The van der Waals surface area contributed by atoms with Gasteiger partial charge in [0.1, 0.15) is 0 Å². The minimum Gasteiger partial charge on any atom is -0.127 e. The Kier molecular flexibility index (Phi) is 3.06. The van der Waals surface area contributed by atoms with E-state index in [1.807, 2.05) is 0 Å². The molecule has 0 saturated heterocycles. The first-order valence-electron chi connectivity index (χ1n) is 1.77. The molecule has 0 aliphatic carbocycles. The predicted molar refractivity (Wildman–Crippen MR) is 38.5 cm³/mol. The maximum absolute atomic E-state index is 5.41.